The summed E-state index contributed by atoms with van der Waals surface area (Å²) in [5.74, 6) is 0.306. The van der Waals surface area contributed by atoms with Gasteiger partial charge in [0.05, 0.1) is 7.11 Å². The third-order valence-corrected chi connectivity index (χ3v) is 0.825. The van der Waals surface area contributed by atoms with Gasteiger partial charge in [-0.15, -0.1) is 0 Å². The van der Waals surface area contributed by atoms with E-state index in [0.29, 0.717) is 11.5 Å². The summed E-state index contributed by atoms with van der Waals surface area (Å²) >= 11 is 0. The Kier molecular flexibility index (Phi) is 2.69. The van der Waals surface area contributed by atoms with Crippen LogP contribution in [0.15, 0.2) is 11.5 Å². The van der Waals surface area contributed by atoms with Crippen LogP contribution >= 0.6 is 0 Å². The number of rotatable bonds is 2. The molecule has 0 aromatic rings. The Morgan fingerprint density at radius 3 is 2.38 bits per heavy atom. The molecule has 3 nitrogen and oxygen atoms in total. The molecule has 0 amide bonds. The predicted molar refractivity (Wildman–Crippen MR) is 32.7 cm³/mol. The largest absolute Gasteiger partial charge is 0.482 e. The summed E-state index contributed by atoms with van der Waals surface area (Å²) in [5, 5.41) is 6.70. The standard InChI is InChI=1S/C5H10N2O/c1-4(3-6)5(7)8-2/h3,6H,7H2,1-2H3. The fourth-order valence-electron chi connectivity index (χ4n) is 0.232. The van der Waals surface area contributed by atoms with Crippen LogP contribution in [0.2, 0.25) is 0 Å². The Balaban J connectivity index is 4.03. The molecule has 0 aliphatic heterocycles. The van der Waals surface area contributed by atoms with Crippen molar-refractivity contribution >= 4 is 6.21 Å². The second kappa shape index (κ2) is 3.07. The third-order valence-electron chi connectivity index (χ3n) is 0.825. The Morgan fingerprint density at radius 1 is 1.75 bits per heavy atom. The minimum absolute atomic E-state index is 0.306. The number of ether oxygens (including phenoxy) is 1. The van der Waals surface area contributed by atoms with Crippen LogP contribution in [0.1, 0.15) is 6.92 Å². The van der Waals surface area contributed by atoms with Gasteiger partial charge in [-0.05, 0) is 6.92 Å². The first-order valence-corrected chi connectivity index (χ1v) is 2.23. The molecular weight excluding hydrogens is 104 g/mol. The van der Waals surface area contributed by atoms with Crippen molar-refractivity contribution in [3.8, 4) is 0 Å². The van der Waals surface area contributed by atoms with Crippen molar-refractivity contribution in [3.05, 3.63) is 11.5 Å². The van der Waals surface area contributed by atoms with Gasteiger partial charge in [0.25, 0.3) is 0 Å². The summed E-state index contributed by atoms with van der Waals surface area (Å²) < 4.78 is 4.61. The van der Waals surface area contributed by atoms with Gasteiger partial charge in [0.2, 0.25) is 0 Å². The highest BCUT2D eigenvalue weighted by Gasteiger charge is 1.88. The van der Waals surface area contributed by atoms with E-state index in [4.69, 9.17) is 11.1 Å². The Bertz CT molecular complexity index is 118. The first kappa shape index (κ1) is 7.01. The zero-order chi connectivity index (χ0) is 6.57. The van der Waals surface area contributed by atoms with Crippen molar-refractivity contribution in [1.29, 1.82) is 5.41 Å². The second-order valence-corrected chi connectivity index (χ2v) is 1.40. The molecule has 0 aliphatic rings. The van der Waals surface area contributed by atoms with Gasteiger partial charge in [-0.3, -0.25) is 0 Å². The zero-order valence-electron chi connectivity index (χ0n) is 5.06. The first-order chi connectivity index (χ1) is 3.72. The molecule has 46 valence electrons. The van der Waals surface area contributed by atoms with Crippen molar-refractivity contribution in [2.45, 2.75) is 6.92 Å². The van der Waals surface area contributed by atoms with Crippen molar-refractivity contribution in [2.75, 3.05) is 7.11 Å². The van der Waals surface area contributed by atoms with Crippen molar-refractivity contribution in [1.82, 2.24) is 0 Å². The van der Waals surface area contributed by atoms with Crippen LogP contribution in [0.3, 0.4) is 0 Å². The molecule has 0 aliphatic carbocycles. The Morgan fingerprint density at radius 2 is 2.25 bits per heavy atom. The number of hydrogen-bond acceptors (Lipinski definition) is 3. The third kappa shape index (κ3) is 1.64. The van der Waals surface area contributed by atoms with Gasteiger partial charge < -0.3 is 15.9 Å². The molecule has 0 rings (SSSR count). The van der Waals surface area contributed by atoms with Crippen LogP contribution in [0.25, 0.3) is 0 Å². The Hall–Kier alpha value is -0.990. The minimum Gasteiger partial charge on any atom is -0.482 e. The lowest BCUT2D eigenvalue weighted by Gasteiger charge is -1.98. The average molecular weight is 114 g/mol. The molecule has 0 heterocycles. The topological polar surface area (TPSA) is 59.1 Å². The summed E-state index contributed by atoms with van der Waals surface area (Å²) in [6, 6.07) is 0. The molecule has 8 heavy (non-hydrogen) atoms. The van der Waals surface area contributed by atoms with E-state index in [1.54, 1.807) is 6.92 Å². The molecule has 3 heteroatoms. The van der Waals surface area contributed by atoms with Gasteiger partial charge in [-0.2, -0.15) is 0 Å². The van der Waals surface area contributed by atoms with Crippen LogP contribution in [-0.2, 0) is 4.74 Å². The number of hydrogen-bond donors (Lipinski definition) is 2. The van der Waals surface area contributed by atoms with Gasteiger partial charge in [0.1, 0.15) is 0 Å². The summed E-state index contributed by atoms with van der Waals surface area (Å²) in [7, 11) is 1.47. The molecule has 0 atom stereocenters. The maximum Gasteiger partial charge on any atom is 0.188 e. The van der Waals surface area contributed by atoms with E-state index in [9.17, 15) is 0 Å². The van der Waals surface area contributed by atoms with E-state index >= 15 is 0 Å². The van der Waals surface area contributed by atoms with E-state index in [0.717, 1.165) is 6.21 Å². The zero-order valence-corrected chi connectivity index (χ0v) is 5.06. The first-order valence-electron chi connectivity index (χ1n) is 2.23. The highest BCUT2D eigenvalue weighted by atomic mass is 16.5. The molecular formula is C5H10N2O. The molecule has 0 saturated heterocycles. The van der Waals surface area contributed by atoms with Crippen LogP contribution in [-0.4, -0.2) is 13.3 Å². The van der Waals surface area contributed by atoms with Gasteiger partial charge >= 0.3 is 0 Å². The van der Waals surface area contributed by atoms with Crippen LogP contribution in [0, 0.1) is 5.41 Å². The monoisotopic (exact) mass is 114 g/mol. The molecule has 0 unspecified atom stereocenters. The van der Waals surface area contributed by atoms with Crippen molar-refractivity contribution < 1.29 is 4.74 Å². The SMILES string of the molecule is COC(N)=C(C)C=N. The van der Waals surface area contributed by atoms with Gasteiger partial charge in [-0.1, -0.05) is 0 Å². The van der Waals surface area contributed by atoms with E-state index in [2.05, 4.69) is 4.74 Å². The highest BCUT2D eigenvalue weighted by molar-refractivity contribution is 5.75. The lowest BCUT2D eigenvalue weighted by Crippen LogP contribution is -2.02. The van der Waals surface area contributed by atoms with Crippen LogP contribution < -0.4 is 5.73 Å². The molecule has 3 N–H and O–H groups in total. The lowest BCUT2D eigenvalue weighted by atomic mass is 10.3. The van der Waals surface area contributed by atoms with E-state index in [1.165, 1.54) is 7.11 Å². The van der Waals surface area contributed by atoms with Crippen molar-refractivity contribution in [2.24, 2.45) is 5.73 Å². The smallest absolute Gasteiger partial charge is 0.188 e. The molecule has 0 aromatic heterocycles. The van der Waals surface area contributed by atoms with E-state index in [1.807, 2.05) is 0 Å². The predicted octanol–water partition coefficient (Wildman–Crippen LogP) is 0.473. The number of nitrogens with one attached hydrogen (secondary N) is 1. The quantitative estimate of drug-likeness (QED) is 0.405. The maximum atomic E-state index is 6.70. The summed E-state index contributed by atoms with van der Waals surface area (Å²) in [4.78, 5) is 0. The molecule has 0 aromatic carbocycles. The molecule has 0 radical (unpaired) electrons. The fourth-order valence-corrected chi connectivity index (χ4v) is 0.232. The lowest BCUT2D eigenvalue weighted by molar-refractivity contribution is 0.285. The van der Waals surface area contributed by atoms with Crippen LogP contribution in [0.5, 0.6) is 0 Å². The number of nitrogens with two attached hydrogens (primary N) is 1. The highest BCUT2D eigenvalue weighted by Crippen LogP contribution is 1.91. The summed E-state index contributed by atoms with van der Waals surface area (Å²) in [6.07, 6.45) is 1.15. The minimum atomic E-state index is 0.306. The van der Waals surface area contributed by atoms with E-state index in [-0.39, 0.29) is 0 Å². The van der Waals surface area contributed by atoms with Gasteiger partial charge in [0.15, 0.2) is 5.88 Å². The molecule has 0 bridgehead atoms. The second-order valence-electron chi connectivity index (χ2n) is 1.40. The summed E-state index contributed by atoms with van der Waals surface area (Å²) in [5.41, 5.74) is 5.88. The van der Waals surface area contributed by atoms with E-state index < -0.39 is 0 Å². The molecule has 0 saturated carbocycles. The van der Waals surface area contributed by atoms with Gasteiger partial charge in [-0.25, -0.2) is 0 Å². The maximum absolute atomic E-state index is 6.70. The van der Waals surface area contributed by atoms with Gasteiger partial charge in [0, 0.05) is 11.8 Å². The average Bonchev–Trinajstić information content (AvgIpc) is 1.84. The number of allylic oxidation sites excluding steroid dienone is 1. The fraction of sp³-hybridized carbons (Fsp3) is 0.400. The number of methoxy groups -OCH3 is 1. The molecule has 0 fully saturated rings. The normalized spacial score (nSPS) is 12.2. The Labute approximate surface area is 48.6 Å². The van der Waals surface area contributed by atoms with Crippen LogP contribution in [0.4, 0.5) is 0 Å². The molecule has 0 spiro atoms. The van der Waals surface area contributed by atoms with Crippen molar-refractivity contribution in [3.63, 3.8) is 0 Å². The summed E-state index contributed by atoms with van der Waals surface area (Å²) in [6.45, 7) is 1.71.